The van der Waals surface area contributed by atoms with Gasteiger partial charge in [-0.3, -0.25) is 14.2 Å². The Bertz CT molecular complexity index is 1300. The number of quaternary nitrogens is 1. The predicted octanol–water partition coefficient (Wildman–Crippen LogP) is 11.9. The molecule has 2 atom stereocenters. The summed E-state index contributed by atoms with van der Waals surface area (Å²) in [6, 6.07) is 0. The van der Waals surface area contributed by atoms with E-state index in [1.807, 2.05) is 21.1 Å². The number of ether oxygens (including phenoxy) is 2. The van der Waals surface area contributed by atoms with E-state index < -0.39 is 32.5 Å². The molecule has 9 nitrogen and oxygen atoms in total. The van der Waals surface area contributed by atoms with Gasteiger partial charge in [0.25, 0.3) is 7.82 Å². The number of unbranched alkanes of at least 4 members (excludes halogenated alkanes) is 8. The van der Waals surface area contributed by atoms with Gasteiger partial charge in [0.1, 0.15) is 19.8 Å². The Balaban J connectivity index is 4.52. The Labute approximate surface area is 353 Å². The molecule has 0 aliphatic carbocycles. The molecule has 0 heterocycles. The molecule has 0 aliphatic rings. The van der Waals surface area contributed by atoms with Crippen LogP contribution >= 0.6 is 7.82 Å². The largest absolute Gasteiger partial charge is 0.756 e. The average molecular weight is 830 g/mol. The minimum atomic E-state index is -4.65. The van der Waals surface area contributed by atoms with Crippen molar-refractivity contribution >= 4 is 19.8 Å². The fourth-order valence-electron chi connectivity index (χ4n) is 5.16. The predicted molar refractivity (Wildman–Crippen MR) is 240 cm³/mol. The molecule has 330 valence electrons. The first-order chi connectivity index (χ1) is 28.0. The van der Waals surface area contributed by atoms with Crippen LogP contribution in [0.3, 0.4) is 0 Å². The first-order valence-corrected chi connectivity index (χ1v) is 23.4. The van der Waals surface area contributed by atoms with E-state index in [1.165, 1.54) is 19.3 Å². The monoisotopic (exact) mass is 830 g/mol. The summed E-state index contributed by atoms with van der Waals surface area (Å²) in [5, 5.41) is 0. The van der Waals surface area contributed by atoms with Gasteiger partial charge in [-0.25, -0.2) is 0 Å². The molecule has 0 amide bonds. The van der Waals surface area contributed by atoms with Crippen molar-refractivity contribution in [3.63, 3.8) is 0 Å². The molecule has 58 heavy (non-hydrogen) atoms. The number of hydrogen-bond donors (Lipinski definition) is 0. The average Bonchev–Trinajstić information content (AvgIpc) is 3.17. The third kappa shape index (κ3) is 42.5. The van der Waals surface area contributed by atoms with Gasteiger partial charge in [0.2, 0.25) is 0 Å². The summed E-state index contributed by atoms with van der Waals surface area (Å²) in [7, 11) is 1.10. The second kappa shape index (κ2) is 39.4. The molecule has 0 fully saturated rings. The van der Waals surface area contributed by atoms with Gasteiger partial charge in [0.15, 0.2) is 6.10 Å². The van der Waals surface area contributed by atoms with Crippen LogP contribution in [0.1, 0.15) is 142 Å². The Hall–Kier alpha value is -3.07. The van der Waals surface area contributed by atoms with Crippen LogP contribution in [-0.4, -0.2) is 70.0 Å². The third-order valence-corrected chi connectivity index (χ3v) is 9.55. The third-order valence-electron chi connectivity index (χ3n) is 8.59. The van der Waals surface area contributed by atoms with Crippen LogP contribution in [0.2, 0.25) is 0 Å². The topological polar surface area (TPSA) is 111 Å². The molecule has 1 unspecified atom stereocenters. The van der Waals surface area contributed by atoms with Gasteiger partial charge in [-0.1, -0.05) is 130 Å². The second-order valence-electron chi connectivity index (χ2n) is 15.3. The van der Waals surface area contributed by atoms with E-state index in [0.29, 0.717) is 23.9 Å². The maximum Gasteiger partial charge on any atom is 0.306 e. The lowest BCUT2D eigenvalue weighted by Crippen LogP contribution is -2.37. The molecule has 0 rings (SSSR count). The van der Waals surface area contributed by atoms with Crippen LogP contribution in [-0.2, 0) is 32.7 Å². The number of carbonyl (C=O) groups is 2. The van der Waals surface area contributed by atoms with E-state index in [2.05, 4.69) is 111 Å². The van der Waals surface area contributed by atoms with E-state index in [4.69, 9.17) is 18.5 Å². The molecule has 0 radical (unpaired) electrons. The molecule has 0 aromatic heterocycles. The number of esters is 2. The first kappa shape index (κ1) is 54.9. The lowest BCUT2D eigenvalue weighted by atomic mass is 10.1. The standard InChI is InChI=1S/C48H80NO8P/c1-6-8-10-12-14-16-18-20-22-23-24-25-27-29-31-33-35-37-39-41-48(51)57-46(45-56-58(52,53)55-43-42-49(3,4)5)44-54-47(50)40-38-36-34-32-30-28-26-21-19-17-15-13-11-9-7-2/h8,10,14-17,20-22,24-26,29-32,46H,6-7,9,11-13,18-19,23,27-28,33-45H2,1-5H3/b10-8-,16-14-,17-15-,22-20-,25-24-,26-21-,31-29-,32-30-/t46-/m1/s1. The van der Waals surface area contributed by atoms with E-state index >= 15 is 0 Å². The van der Waals surface area contributed by atoms with Crippen molar-refractivity contribution in [3.05, 3.63) is 97.2 Å². The first-order valence-electron chi connectivity index (χ1n) is 21.9. The maximum atomic E-state index is 12.7. The minimum Gasteiger partial charge on any atom is -0.756 e. The van der Waals surface area contributed by atoms with Crippen molar-refractivity contribution in [2.75, 3.05) is 47.5 Å². The van der Waals surface area contributed by atoms with E-state index in [1.54, 1.807) is 0 Å². The van der Waals surface area contributed by atoms with E-state index in [-0.39, 0.29) is 26.1 Å². The van der Waals surface area contributed by atoms with Gasteiger partial charge in [-0.2, -0.15) is 0 Å². The van der Waals surface area contributed by atoms with Gasteiger partial charge in [0.05, 0.1) is 27.7 Å². The molecule has 0 spiro atoms. The number of likely N-dealkylation sites (N-methyl/N-ethyl adjacent to an activating group) is 1. The van der Waals surface area contributed by atoms with Crippen LogP contribution in [0.15, 0.2) is 97.2 Å². The summed E-state index contributed by atoms with van der Waals surface area (Å²) in [6.07, 6.45) is 51.5. The second-order valence-corrected chi connectivity index (χ2v) is 16.7. The van der Waals surface area contributed by atoms with Crippen molar-refractivity contribution in [1.29, 1.82) is 0 Å². The van der Waals surface area contributed by atoms with Crippen LogP contribution < -0.4 is 4.89 Å². The van der Waals surface area contributed by atoms with Gasteiger partial charge >= 0.3 is 11.9 Å². The zero-order valence-electron chi connectivity index (χ0n) is 36.9. The Kier molecular flexibility index (Phi) is 37.3. The molecular formula is C48H80NO8P. The van der Waals surface area contributed by atoms with Crippen molar-refractivity contribution in [2.24, 2.45) is 0 Å². The number of phosphoric ester groups is 1. The molecular weight excluding hydrogens is 750 g/mol. The molecule has 0 saturated carbocycles. The molecule has 0 saturated heterocycles. The van der Waals surface area contributed by atoms with Gasteiger partial charge in [0, 0.05) is 12.8 Å². The lowest BCUT2D eigenvalue weighted by molar-refractivity contribution is -0.870. The Morgan fingerprint density at radius 3 is 1.47 bits per heavy atom. The normalized spacial score (nSPS) is 14.5. The van der Waals surface area contributed by atoms with Gasteiger partial charge < -0.3 is 27.9 Å². The summed E-state index contributed by atoms with van der Waals surface area (Å²) >= 11 is 0. The van der Waals surface area contributed by atoms with Crippen LogP contribution in [0, 0.1) is 0 Å². The summed E-state index contributed by atoms with van der Waals surface area (Å²) < 4.78 is 33.8. The molecule has 0 aromatic carbocycles. The quantitative estimate of drug-likeness (QED) is 0.0199. The fraction of sp³-hybridized carbons (Fsp3) is 0.625. The number of allylic oxidation sites excluding steroid dienone is 16. The smallest absolute Gasteiger partial charge is 0.306 e. The highest BCUT2D eigenvalue weighted by atomic mass is 31.2. The molecule has 0 aliphatic heterocycles. The Morgan fingerprint density at radius 1 is 0.552 bits per heavy atom. The molecule has 0 N–H and O–H groups in total. The number of phosphoric acid groups is 1. The summed E-state index contributed by atoms with van der Waals surface area (Å²) in [5.74, 6) is -0.929. The van der Waals surface area contributed by atoms with Crippen LogP contribution in [0.5, 0.6) is 0 Å². The number of carbonyl (C=O) groups excluding carboxylic acids is 2. The zero-order valence-corrected chi connectivity index (χ0v) is 37.8. The van der Waals surface area contributed by atoms with E-state index in [9.17, 15) is 19.0 Å². The molecule has 0 aromatic rings. The van der Waals surface area contributed by atoms with Gasteiger partial charge in [-0.15, -0.1) is 0 Å². The van der Waals surface area contributed by atoms with Gasteiger partial charge in [-0.05, 0) is 96.3 Å². The summed E-state index contributed by atoms with van der Waals surface area (Å²) in [6.45, 7) is 3.97. The van der Waals surface area contributed by atoms with E-state index in [0.717, 1.165) is 83.5 Å². The number of rotatable bonds is 38. The lowest BCUT2D eigenvalue weighted by Gasteiger charge is -2.28. The molecule has 0 bridgehead atoms. The van der Waals surface area contributed by atoms with Crippen LogP contribution in [0.25, 0.3) is 0 Å². The number of hydrogen-bond acceptors (Lipinski definition) is 8. The van der Waals surface area contributed by atoms with Crippen LogP contribution in [0.4, 0.5) is 0 Å². The highest BCUT2D eigenvalue weighted by molar-refractivity contribution is 7.45. The van der Waals surface area contributed by atoms with Crippen molar-refractivity contribution in [3.8, 4) is 0 Å². The fourth-order valence-corrected chi connectivity index (χ4v) is 5.88. The maximum absolute atomic E-state index is 12.7. The number of nitrogens with zero attached hydrogens (tertiary/aromatic N) is 1. The van der Waals surface area contributed by atoms with Crippen molar-refractivity contribution in [1.82, 2.24) is 0 Å². The van der Waals surface area contributed by atoms with Crippen molar-refractivity contribution in [2.45, 2.75) is 148 Å². The highest BCUT2D eigenvalue weighted by Gasteiger charge is 2.21. The summed E-state index contributed by atoms with van der Waals surface area (Å²) in [4.78, 5) is 37.5. The minimum absolute atomic E-state index is 0.0495. The van der Waals surface area contributed by atoms with Crippen molar-refractivity contribution < 1.29 is 42.1 Å². The Morgan fingerprint density at radius 2 is 0.983 bits per heavy atom. The zero-order chi connectivity index (χ0) is 42.8. The highest BCUT2D eigenvalue weighted by Crippen LogP contribution is 2.38. The summed E-state index contributed by atoms with van der Waals surface area (Å²) in [5.41, 5.74) is 0. The molecule has 10 heteroatoms. The SMILES string of the molecule is CC/C=C\C/C=C\C/C=C\C/C=C\C/C=C\CCCCCC(=O)O[C@H](COC(=O)CCCC/C=C\C/C=C\C/C=C\CCCCC)COP(=O)([O-])OCC[N+](C)(C)C.